The molecular weight excluding hydrogens is 644 g/mol. The third-order valence-corrected chi connectivity index (χ3v) is 18.6. The fourth-order valence-corrected chi connectivity index (χ4v) is 14.7. The molecule has 0 saturated heterocycles. The Kier molecular flexibility index (Phi) is 46.2. The number of hydrogen-bond acceptors (Lipinski definition) is 0. The Morgan fingerprint density at radius 1 is 0.154 bits per heavy atom. The van der Waals surface area contributed by atoms with Crippen LogP contribution in [-0.4, -0.2) is 24.6 Å². The van der Waals surface area contributed by atoms with Gasteiger partial charge in [0, 0.05) is 0 Å². The Hall–Kier alpha value is 0.430. The molecule has 0 aromatic carbocycles. The minimum atomic E-state index is -1.17. The monoisotopic (exact) mass is 751 g/mol. The molecule has 0 saturated carbocycles. The minimum absolute atomic E-state index is 1.17. The average molecular weight is 751 g/mol. The second-order valence-electron chi connectivity index (χ2n) is 18.3. The van der Waals surface area contributed by atoms with E-state index in [9.17, 15) is 0 Å². The Morgan fingerprint density at radius 3 is 0.404 bits per heavy atom. The molecule has 0 rings (SSSR count). The molecular formula is C51H107P. The van der Waals surface area contributed by atoms with Crippen molar-refractivity contribution in [3.05, 3.63) is 0 Å². The summed E-state index contributed by atoms with van der Waals surface area (Å²) in [7, 11) is -1.17. The Labute approximate surface area is 334 Å². The van der Waals surface area contributed by atoms with Gasteiger partial charge in [0.1, 0.15) is 0 Å². The van der Waals surface area contributed by atoms with Crippen molar-refractivity contribution in [1.82, 2.24) is 0 Å². The quantitative estimate of drug-likeness (QED) is 0.0429. The van der Waals surface area contributed by atoms with Crippen molar-refractivity contribution in [3.8, 4) is 0 Å². The molecule has 0 aliphatic carbocycles. The molecule has 0 fully saturated rings. The van der Waals surface area contributed by atoms with E-state index in [2.05, 4.69) is 27.7 Å². The molecule has 0 atom stereocenters. The number of hydrogen-bond donors (Lipinski definition) is 0. The van der Waals surface area contributed by atoms with Gasteiger partial charge in [-0.15, -0.1) is 0 Å². The van der Waals surface area contributed by atoms with Crippen molar-refractivity contribution in [3.63, 3.8) is 0 Å². The summed E-state index contributed by atoms with van der Waals surface area (Å²) < 4.78 is 0. The molecule has 0 amide bonds. The second-order valence-corrected chi connectivity index (χ2v) is 23.3. The molecule has 0 aliphatic rings. The van der Waals surface area contributed by atoms with Crippen molar-refractivity contribution in [2.75, 3.05) is 24.6 Å². The van der Waals surface area contributed by atoms with Crippen LogP contribution in [0.5, 0.6) is 0 Å². The Balaban J connectivity index is 4.88. The topological polar surface area (TPSA) is 0 Å². The van der Waals surface area contributed by atoms with Crippen LogP contribution in [-0.2, 0) is 0 Å². The van der Waals surface area contributed by atoms with Gasteiger partial charge in [-0.1, -0.05) is 20.8 Å². The van der Waals surface area contributed by atoms with Crippen LogP contribution in [0.1, 0.15) is 304 Å². The first-order valence-electron chi connectivity index (χ1n) is 25.7. The summed E-state index contributed by atoms with van der Waals surface area (Å²) in [6.45, 7) is 9.36. The molecule has 0 heterocycles. The van der Waals surface area contributed by atoms with Gasteiger partial charge in [0.2, 0.25) is 0 Å². The summed E-state index contributed by atoms with van der Waals surface area (Å²) in [5.74, 6) is 0. The number of rotatable bonds is 47. The van der Waals surface area contributed by atoms with E-state index in [-0.39, 0.29) is 0 Å². The molecule has 0 aliphatic heterocycles. The zero-order valence-electron chi connectivity index (χ0n) is 37.7. The van der Waals surface area contributed by atoms with Gasteiger partial charge in [0.05, 0.1) is 0 Å². The third kappa shape index (κ3) is 40.1. The van der Waals surface area contributed by atoms with Crippen LogP contribution in [0.3, 0.4) is 0 Å². The van der Waals surface area contributed by atoms with Crippen LogP contribution in [0, 0.1) is 0 Å². The molecule has 0 N–H and O–H groups in total. The van der Waals surface area contributed by atoms with Gasteiger partial charge in [-0.25, -0.2) is 0 Å². The molecule has 0 aromatic heterocycles. The molecule has 0 nitrogen and oxygen atoms in total. The standard InChI is InChI=1S/C51H107P/c1-5-9-13-17-21-25-29-33-37-41-45-49-52(48-44-40-36-32-28-24-20-16-12-8-4,50-46-42-38-34-30-26-22-18-14-10-6-2)51-47-43-39-35-31-27-23-19-15-11-7-3/h52H,5-51H2,1-4H3. The first-order chi connectivity index (χ1) is 25.7. The van der Waals surface area contributed by atoms with Crippen molar-refractivity contribution in [2.45, 2.75) is 304 Å². The van der Waals surface area contributed by atoms with E-state index in [1.807, 2.05) is 0 Å². The predicted molar refractivity (Wildman–Crippen MR) is 249 cm³/mol. The maximum atomic E-state index is 2.34. The third-order valence-electron chi connectivity index (χ3n) is 13.0. The molecule has 1 heteroatoms. The molecule has 0 bridgehead atoms. The molecule has 0 spiro atoms. The summed E-state index contributed by atoms with van der Waals surface area (Å²) in [6, 6.07) is 0. The van der Waals surface area contributed by atoms with Gasteiger partial charge in [0.25, 0.3) is 0 Å². The first-order valence-corrected chi connectivity index (χ1v) is 28.6. The average Bonchev–Trinajstić information content (AvgIpc) is 3.15. The first kappa shape index (κ1) is 52.4. The summed E-state index contributed by atoms with van der Waals surface area (Å²) in [5.41, 5.74) is 0. The van der Waals surface area contributed by atoms with Gasteiger partial charge in [0.15, 0.2) is 0 Å². The molecule has 316 valence electrons. The Bertz CT molecular complexity index is 548. The minimum Gasteiger partial charge on any atom is -0.0654 e. The summed E-state index contributed by atoms with van der Waals surface area (Å²) in [4.78, 5) is 0. The van der Waals surface area contributed by atoms with Crippen LogP contribution in [0.2, 0.25) is 0 Å². The van der Waals surface area contributed by atoms with E-state index in [0.717, 1.165) is 0 Å². The van der Waals surface area contributed by atoms with Gasteiger partial charge in [-0.05, 0) is 0 Å². The normalized spacial score (nSPS) is 12.3. The van der Waals surface area contributed by atoms with E-state index in [4.69, 9.17) is 0 Å². The molecule has 0 aromatic rings. The zero-order chi connectivity index (χ0) is 37.7. The van der Waals surface area contributed by atoms with Crippen molar-refractivity contribution >= 4 is 7.26 Å². The van der Waals surface area contributed by atoms with Crippen LogP contribution in [0.15, 0.2) is 0 Å². The van der Waals surface area contributed by atoms with Crippen LogP contribution in [0.25, 0.3) is 0 Å². The zero-order valence-corrected chi connectivity index (χ0v) is 38.7. The van der Waals surface area contributed by atoms with Crippen LogP contribution in [0.4, 0.5) is 0 Å². The SMILES string of the molecule is CCCCCCCCCCCCC[PH](CCCCCCCCCCCC)(CCCCCCCCCCCCC)CCCCCCCCCCCCC. The Morgan fingerprint density at radius 2 is 0.269 bits per heavy atom. The molecule has 0 radical (unpaired) electrons. The van der Waals surface area contributed by atoms with Crippen LogP contribution < -0.4 is 0 Å². The summed E-state index contributed by atoms with van der Waals surface area (Å²) in [5, 5.41) is 0. The van der Waals surface area contributed by atoms with Gasteiger partial charge in [-0.2, -0.15) is 0 Å². The smallest absolute Gasteiger partial charge is 0.0654 e. The predicted octanol–water partition coefficient (Wildman–Crippen LogP) is 19.6. The number of unbranched alkanes of at least 4 members (excludes halogenated alkanes) is 39. The van der Waals surface area contributed by atoms with E-state index in [1.165, 1.54) is 225 Å². The summed E-state index contributed by atoms with van der Waals surface area (Å²) >= 11 is 0. The van der Waals surface area contributed by atoms with Crippen molar-refractivity contribution in [1.29, 1.82) is 0 Å². The molecule has 52 heavy (non-hydrogen) atoms. The van der Waals surface area contributed by atoms with Gasteiger partial charge >= 0.3 is 315 Å². The maximum absolute atomic E-state index is 2.34. The fraction of sp³-hybridized carbons (Fsp3) is 1.00. The van der Waals surface area contributed by atoms with Crippen molar-refractivity contribution < 1.29 is 0 Å². The van der Waals surface area contributed by atoms with E-state index >= 15 is 0 Å². The van der Waals surface area contributed by atoms with Crippen molar-refractivity contribution in [2.24, 2.45) is 0 Å². The van der Waals surface area contributed by atoms with Gasteiger partial charge < -0.3 is 0 Å². The van der Waals surface area contributed by atoms with Crippen LogP contribution >= 0.6 is 7.26 Å². The van der Waals surface area contributed by atoms with Gasteiger partial charge in [-0.3, -0.25) is 0 Å². The van der Waals surface area contributed by atoms with E-state index < -0.39 is 7.26 Å². The van der Waals surface area contributed by atoms with E-state index in [0.29, 0.717) is 0 Å². The fourth-order valence-electron chi connectivity index (χ4n) is 9.23. The van der Waals surface area contributed by atoms with E-state index in [1.54, 1.807) is 76.0 Å². The molecule has 0 unspecified atom stereocenters. The second kappa shape index (κ2) is 45.8. The summed E-state index contributed by atoms with van der Waals surface area (Å²) in [6.07, 6.45) is 71.0.